The first-order chi connectivity index (χ1) is 13.7. The number of carbonyl (C=O) groups excluding carboxylic acids is 2. The van der Waals surface area contributed by atoms with Gasteiger partial charge in [0.1, 0.15) is 0 Å². The van der Waals surface area contributed by atoms with Gasteiger partial charge >= 0.3 is 0 Å². The van der Waals surface area contributed by atoms with E-state index in [9.17, 15) is 9.59 Å². The number of nitrogens with one attached hydrogen (secondary N) is 1. The summed E-state index contributed by atoms with van der Waals surface area (Å²) in [6, 6.07) is 19.9. The van der Waals surface area contributed by atoms with E-state index >= 15 is 0 Å². The van der Waals surface area contributed by atoms with Crippen LogP contribution < -0.4 is 5.32 Å². The maximum atomic E-state index is 13.1. The highest BCUT2D eigenvalue weighted by molar-refractivity contribution is 5.89. The number of likely N-dealkylation sites (tertiary alicyclic amines) is 1. The summed E-state index contributed by atoms with van der Waals surface area (Å²) in [5, 5.41) is 3.19. The van der Waals surface area contributed by atoms with E-state index in [0.29, 0.717) is 26.2 Å². The average molecular weight is 378 g/mol. The van der Waals surface area contributed by atoms with E-state index in [4.69, 9.17) is 4.74 Å². The highest BCUT2D eigenvalue weighted by atomic mass is 16.5. The second-order valence-corrected chi connectivity index (χ2v) is 7.55. The molecule has 2 fully saturated rings. The molecule has 1 atom stereocenters. The molecule has 2 heterocycles. The molecule has 0 spiro atoms. The van der Waals surface area contributed by atoms with E-state index in [1.165, 1.54) is 0 Å². The van der Waals surface area contributed by atoms with Gasteiger partial charge in [-0.15, -0.1) is 0 Å². The highest BCUT2D eigenvalue weighted by Gasteiger charge is 2.38. The summed E-state index contributed by atoms with van der Waals surface area (Å²) < 4.78 is 5.40. The van der Waals surface area contributed by atoms with Crippen LogP contribution in [0.1, 0.15) is 36.4 Å². The molecule has 0 saturated carbocycles. The van der Waals surface area contributed by atoms with Crippen molar-refractivity contribution in [3.8, 4) is 0 Å². The van der Waals surface area contributed by atoms with Gasteiger partial charge < -0.3 is 15.0 Å². The Morgan fingerprint density at radius 1 is 0.964 bits per heavy atom. The van der Waals surface area contributed by atoms with Crippen LogP contribution in [0.15, 0.2) is 60.7 Å². The van der Waals surface area contributed by atoms with Crippen LogP contribution in [0.3, 0.4) is 0 Å². The van der Waals surface area contributed by atoms with E-state index in [1.807, 2.05) is 65.6 Å². The van der Waals surface area contributed by atoms with Gasteiger partial charge in [0, 0.05) is 32.2 Å². The van der Waals surface area contributed by atoms with Gasteiger partial charge in [-0.25, -0.2) is 0 Å². The number of hydrogen-bond donors (Lipinski definition) is 1. The van der Waals surface area contributed by atoms with Crippen LogP contribution in [0, 0.1) is 5.92 Å². The molecule has 2 saturated heterocycles. The van der Waals surface area contributed by atoms with Gasteiger partial charge in [-0.2, -0.15) is 0 Å². The van der Waals surface area contributed by atoms with Gasteiger partial charge in [-0.05, 0) is 24.0 Å². The zero-order valence-corrected chi connectivity index (χ0v) is 15.9. The van der Waals surface area contributed by atoms with Crippen molar-refractivity contribution in [2.45, 2.75) is 31.3 Å². The molecule has 28 heavy (non-hydrogen) atoms. The molecule has 0 aliphatic carbocycles. The maximum Gasteiger partial charge on any atom is 0.226 e. The van der Waals surface area contributed by atoms with Crippen molar-refractivity contribution in [1.82, 2.24) is 10.2 Å². The van der Waals surface area contributed by atoms with Crippen LogP contribution in [0.25, 0.3) is 0 Å². The van der Waals surface area contributed by atoms with Crippen LogP contribution in [0.5, 0.6) is 0 Å². The summed E-state index contributed by atoms with van der Waals surface area (Å²) in [6.07, 6.45) is 2.01. The molecule has 5 nitrogen and oxygen atoms in total. The SMILES string of the molecule is O=C(NC(c1ccccc1)c1ccccc1)C1CC(=O)N(C2CCOCC2)C1. The summed E-state index contributed by atoms with van der Waals surface area (Å²) in [5.41, 5.74) is 2.07. The molecule has 2 aliphatic heterocycles. The third-order valence-corrected chi connectivity index (χ3v) is 5.71. The van der Waals surface area contributed by atoms with Gasteiger partial charge in [0.05, 0.1) is 12.0 Å². The average Bonchev–Trinajstić information content (AvgIpc) is 3.15. The molecule has 2 aromatic rings. The molecular formula is C23H26N2O3. The Morgan fingerprint density at radius 3 is 2.11 bits per heavy atom. The fourth-order valence-corrected chi connectivity index (χ4v) is 4.17. The number of ether oxygens (including phenoxy) is 1. The van der Waals surface area contributed by atoms with Gasteiger partial charge in [0.15, 0.2) is 0 Å². The fourth-order valence-electron chi connectivity index (χ4n) is 4.17. The fraction of sp³-hybridized carbons (Fsp3) is 0.391. The minimum absolute atomic E-state index is 0.0550. The smallest absolute Gasteiger partial charge is 0.226 e. The molecule has 146 valence electrons. The summed E-state index contributed by atoms with van der Waals surface area (Å²) in [7, 11) is 0. The van der Waals surface area contributed by atoms with Crippen molar-refractivity contribution >= 4 is 11.8 Å². The predicted molar refractivity (Wildman–Crippen MR) is 107 cm³/mol. The van der Waals surface area contributed by atoms with E-state index in [0.717, 1.165) is 24.0 Å². The van der Waals surface area contributed by atoms with Crippen LogP contribution in [0.2, 0.25) is 0 Å². The molecule has 0 aromatic heterocycles. The van der Waals surface area contributed by atoms with Crippen molar-refractivity contribution in [2.75, 3.05) is 19.8 Å². The first-order valence-corrected chi connectivity index (χ1v) is 10.00. The van der Waals surface area contributed by atoms with Crippen molar-refractivity contribution in [1.29, 1.82) is 0 Å². The van der Waals surface area contributed by atoms with E-state index in [1.54, 1.807) is 0 Å². The minimum atomic E-state index is -0.301. The van der Waals surface area contributed by atoms with Crippen molar-refractivity contribution < 1.29 is 14.3 Å². The first-order valence-electron chi connectivity index (χ1n) is 10.00. The Labute approximate surface area is 165 Å². The molecule has 2 amide bonds. The predicted octanol–water partition coefficient (Wildman–Crippen LogP) is 2.92. The Kier molecular flexibility index (Phi) is 5.72. The molecule has 0 bridgehead atoms. The molecule has 5 heteroatoms. The summed E-state index contributed by atoms with van der Waals surface area (Å²) in [5.74, 6) is -0.270. The molecule has 4 rings (SSSR count). The lowest BCUT2D eigenvalue weighted by molar-refractivity contribution is -0.131. The first kappa shape index (κ1) is 18.7. The molecule has 2 aliphatic rings. The number of nitrogens with zero attached hydrogens (tertiary/aromatic N) is 1. The van der Waals surface area contributed by atoms with E-state index in [-0.39, 0.29) is 29.8 Å². The quantitative estimate of drug-likeness (QED) is 0.870. The monoisotopic (exact) mass is 378 g/mol. The third kappa shape index (κ3) is 4.09. The minimum Gasteiger partial charge on any atom is -0.381 e. The van der Waals surface area contributed by atoms with E-state index in [2.05, 4.69) is 5.32 Å². The molecule has 1 N–H and O–H groups in total. The van der Waals surface area contributed by atoms with Gasteiger partial charge in [-0.1, -0.05) is 60.7 Å². The second-order valence-electron chi connectivity index (χ2n) is 7.55. The number of benzene rings is 2. The summed E-state index contributed by atoms with van der Waals surface area (Å²) in [4.78, 5) is 27.5. The van der Waals surface area contributed by atoms with Crippen molar-refractivity contribution in [2.24, 2.45) is 5.92 Å². The molecule has 2 aromatic carbocycles. The lowest BCUT2D eigenvalue weighted by Gasteiger charge is -2.31. The standard InChI is InChI=1S/C23H26N2O3/c26-21-15-19(16-25(21)20-11-13-28-14-12-20)23(27)24-22(17-7-3-1-4-8-17)18-9-5-2-6-10-18/h1-10,19-20,22H,11-16H2,(H,24,27). The van der Waals surface area contributed by atoms with Crippen molar-refractivity contribution in [3.05, 3.63) is 71.8 Å². The lowest BCUT2D eigenvalue weighted by Crippen LogP contribution is -2.41. The lowest BCUT2D eigenvalue weighted by atomic mass is 9.97. The number of hydrogen-bond acceptors (Lipinski definition) is 3. The zero-order chi connectivity index (χ0) is 19.3. The number of amides is 2. The van der Waals surface area contributed by atoms with Crippen LogP contribution >= 0.6 is 0 Å². The molecule has 1 unspecified atom stereocenters. The Balaban J connectivity index is 1.48. The Morgan fingerprint density at radius 2 is 1.54 bits per heavy atom. The maximum absolute atomic E-state index is 13.1. The summed E-state index contributed by atoms with van der Waals surface area (Å²) in [6.45, 7) is 1.89. The van der Waals surface area contributed by atoms with Gasteiger partial charge in [-0.3, -0.25) is 9.59 Å². The largest absolute Gasteiger partial charge is 0.381 e. The third-order valence-electron chi connectivity index (χ3n) is 5.71. The molecule has 0 radical (unpaired) electrons. The van der Waals surface area contributed by atoms with Crippen LogP contribution in [-0.4, -0.2) is 42.5 Å². The topological polar surface area (TPSA) is 58.6 Å². The van der Waals surface area contributed by atoms with Crippen LogP contribution in [-0.2, 0) is 14.3 Å². The van der Waals surface area contributed by atoms with Gasteiger partial charge in [0.25, 0.3) is 0 Å². The second kappa shape index (κ2) is 8.57. The highest BCUT2D eigenvalue weighted by Crippen LogP contribution is 2.27. The Hall–Kier alpha value is -2.66. The zero-order valence-electron chi connectivity index (χ0n) is 15.9. The van der Waals surface area contributed by atoms with Gasteiger partial charge in [0.2, 0.25) is 11.8 Å². The van der Waals surface area contributed by atoms with E-state index < -0.39 is 0 Å². The molecular weight excluding hydrogens is 352 g/mol. The summed E-state index contributed by atoms with van der Waals surface area (Å²) >= 11 is 0. The number of rotatable bonds is 5. The Bertz CT molecular complexity index is 764. The van der Waals surface area contributed by atoms with Crippen LogP contribution in [0.4, 0.5) is 0 Å². The normalized spacial score (nSPS) is 20.5. The van der Waals surface area contributed by atoms with Crippen molar-refractivity contribution in [3.63, 3.8) is 0 Å². The number of carbonyl (C=O) groups is 2.